The van der Waals surface area contributed by atoms with Gasteiger partial charge in [-0.1, -0.05) is 49.7 Å². The maximum absolute atomic E-state index is 13.9. The van der Waals surface area contributed by atoms with Crippen molar-refractivity contribution in [1.29, 1.82) is 0 Å². The van der Waals surface area contributed by atoms with Crippen LogP contribution in [0, 0.1) is 5.92 Å². The summed E-state index contributed by atoms with van der Waals surface area (Å²) in [6, 6.07) is 14.7. The molecule has 2 aromatic carbocycles. The van der Waals surface area contributed by atoms with Crippen LogP contribution in [0.3, 0.4) is 0 Å². The van der Waals surface area contributed by atoms with Gasteiger partial charge in [0.1, 0.15) is 17.4 Å². The quantitative estimate of drug-likeness (QED) is 0.240. The highest BCUT2D eigenvalue weighted by Gasteiger charge is 2.62. The van der Waals surface area contributed by atoms with Crippen LogP contribution in [0.4, 0.5) is 0 Å². The van der Waals surface area contributed by atoms with Crippen LogP contribution in [0.15, 0.2) is 67.2 Å². The van der Waals surface area contributed by atoms with E-state index in [0.717, 1.165) is 20.0 Å². The molecule has 0 amide bonds. The topological polar surface area (TPSA) is 61.8 Å². The number of esters is 1. The number of para-hydroxylation sites is 1. The normalized spacial score (nSPS) is 23.9. The van der Waals surface area contributed by atoms with Crippen molar-refractivity contribution in [2.45, 2.75) is 25.4 Å². The van der Waals surface area contributed by atoms with E-state index in [1.807, 2.05) is 36.4 Å². The second-order valence-electron chi connectivity index (χ2n) is 7.59. The lowest BCUT2D eigenvalue weighted by Crippen LogP contribution is -2.48. The highest BCUT2D eigenvalue weighted by Crippen LogP contribution is 2.59. The molecular formula is C24H18I2O5. The highest BCUT2D eigenvalue weighted by atomic mass is 127. The first-order chi connectivity index (χ1) is 15.0. The van der Waals surface area contributed by atoms with Crippen LogP contribution < -0.4 is 4.74 Å². The van der Waals surface area contributed by atoms with E-state index >= 15 is 0 Å². The smallest absolute Gasteiger partial charge is 0.339 e. The Labute approximate surface area is 207 Å². The monoisotopic (exact) mass is 640 g/mol. The Balaban J connectivity index is 1.77. The zero-order chi connectivity index (χ0) is 21.8. The number of hydrogen-bond acceptors (Lipinski definition) is 5. The van der Waals surface area contributed by atoms with Gasteiger partial charge in [0.05, 0.1) is 19.3 Å². The lowest BCUT2D eigenvalue weighted by atomic mass is 9.70. The molecule has 1 spiro atoms. The van der Waals surface area contributed by atoms with Crippen molar-refractivity contribution in [3.63, 3.8) is 0 Å². The third kappa shape index (κ3) is 2.99. The minimum Gasteiger partial charge on any atom is -0.489 e. The molecule has 0 fully saturated rings. The van der Waals surface area contributed by atoms with Crippen molar-refractivity contribution in [3.8, 4) is 5.75 Å². The van der Waals surface area contributed by atoms with Crippen molar-refractivity contribution in [1.82, 2.24) is 0 Å². The van der Waals surface area contributed by atoms with Gasteiger partial charge in [0.2, 0.25) is 5.78 Å². The van der Waals surface area contributed by atoms with Gasteiger partial charge < -0.3 is 14.2 Å². The Hall–Kier alpha value is -1.88. The maximum atomic E-state index is 13.9. The minimum absolute atomic E-state index is 0.227. The summed E-state index contributed by atoms with van der Waals surface area (Å²) >= 11 is 4.33. The van der Waals surface area contributed by atoms with Crippen LogP contribution in [0.25, 0.3) is 0 Å². The van der Waals surface area contributed by atoms with Crippen LogP contribution >= 0.6 is 45.2 Å². The number of allylic oxidation sites excluding steroid dienone is 3. The predicted octanol–water partition coefficient (Wildman–Crippen LogP) is 5.80. The van der Waals surface area contributed by atoms with Gasteiger partial charge in [-0.25, -0.2) is 4.79 Å². The van der Waals surface area contributed by atoms with E-state index in [1.54, 1.807) is 12.1 Å². The molecule has 0 saturated carbocycles. The number of ether oxygens (including phenoxy) is 3. The summed E-state index contributed by atoms with van der Waals surface area (Å²) in [7, 11) is 0. The molecule has 0 aromatic heterocycles. The molecular weight excluding hydrogens is 622 g/mol. The first-order valence-electron chi connectivity index (χ1n) is 10.1. The molecule has 1 aliphatic carbocycles. The highest BCUT2D eigenvalue weighted by molar-refractivity contribution is 14.1. The molecule has 2 aliphatic heterocycles. The standard InChI is InChI=1S/C24H18I2O5/c1-2-3-12-29-22-19(26)18(25)21-17(20(22)27)24(15-10-6-7-11-16(15)30-21)14-9-5-4-8-13(14)23(28)31-24/h4-11,17H,2-3,12H2,1H3. The van der Waals surface area contributed by atoms with Crippen LogP contribution in [0.1, 0.15) is 41.3 Å². The summed E-state index contributed by atoms with van der Waals surface area (Å²) in [4.78, 5) is 26.8. The fraction of sp³-hybridized carbons (Fsp3) is 0.250. The Kier molecular flexibility index (Phi) is 5.36. The second kappa shape index (κ2) is 7.91. The van der Waals surface area contributed by atoms with Crippen LogP contribution in [-0.2, 0) is 19.9 Å². The van der Waals surface area contributed by atoms with E-state index in [1.165, 1.54) is 0 Å². The van der Waals surface area contributed by atoms with Crippen molar-refractivity contribution >= 4 is 56.9 Å². The molecule has 0 radical (unpaired) electrons. The Bertz CT molecular complexity index is 1180. The van der Waals surface area contributed by atoms with Gasteiger partial charge in [-0.3, -0.25) is 4.79 Å². The van der Waals surface area contributed by atoms with Crippen molar-refractivity contribution in [2.75, 3.05) is 6.61 Å². The number of carbonyl (C=O) groups excluding carboxylic acids is 2. The molecule has 7 heteroatoms. The first-order valence-corrected chi connectivity index (χ1v) is 12.2. The summed E-state index contributed by atoms with van der Waals surface area (Å²) < 4.78 is 19.9. The maximum Gasteiger partial charge on any atom is 0.339 e. The SMILES string of the molecule is CCCCOC1=C(I)C(I)=C2Oc3ccccc3C3(OC(=O)c4ccccc43)C2C1=O. The van der Waals surface area contributed by atoms with Crippen molar-refractivity contribution < 1.29 is 23.8 Å². The fourth-order valence-electron chi connectivity index (χ4n) is 4.41. The zero-order valence-corrected chi connectivity index (χ0v) is 20.9. The first kappa shape index (κ1) is 21.0. The van der Waals surface area contributed by atoms with E-state index in [9.17, 15) is 9.59 Å². The third-order valence-corrected chi connectivity index (χ3v) is 8.95. The average Bonchev–Trinajstić information content (AvgIpc) is 3.07. The Morgan fingerprint density at radius 1 is 1.00 bits per heavy atom. The van der Waals surface area contributed by atoms with Crippen LogP contribution in [0.2, 0.25) is 0 Å². The number of fused-ring (bicyclic) bond motifs is 6. The molecule has 5 nitrogen and oxygen atoms in total. The van der Waals surface area contributed by atoms with Crippen molar-refractivity contribution in [3.05, 3.63) is 83.9 Å². The second-order valence-corrected chi connectivity index (χ2v) is 9.75. The molecule has 0 N–H and O–H groups in total. The van der Waals surface area contributed by atoms with Gasteiger partial charge in [-0.15, -0.1) is 0 Å². The summed E-state index contributed by atoms with van der Waals surface area (Å²) in [6.45, 7) is 2.53. The molecule has 31 heavy (non-hydrogen) atoms. The van der Waals surface area contributed by atoms with E-state index in [-0.39, 0.29) is 5.78 Å². The van der Waals surface area contributed by atoms with Gasteiger partial charge in [0, 0.05) is 11.1 Å². The number of carbonyl (C=O) groups is 2. The Morgan fingerprint density at radius 3 is 2.48 bits per heavy atom. The largest absolute Gasteiger partial charge is 0.489 e. The molecule has 2 atom stereocenters. The number of rotatable bonds is 4. The summed E-state index contributed by atoms with van der Waals surface area (Å²) in [5.41, 5.74) is 0.534. The molecule has 3 aliphatic rings. The van der Waals surface area contributed by atoms with Gasteiger partial charge in [-0.05, 0) is 63.7 Å². The summed E-state index contributed by atoms with van der Waals surface area (Å²) in [5, 5.41) is 0. The number of benzene rings is 2. The molecule has 0 bridgehead atoms. The summed E-state index contributed by atoms with van der Waals surface area (Å²) in [6.07, 6.45) is 1.81. The predicted molar refractivity (Wildman–Crippen MR) is 131 cm³/mol. The van der Waals surface area contributed by atoms with Crippen LogP contribution in [0.5, 0.6) is 5.75 Å². The third-order valence-electron chi connectivity index (χ3n) is 5.82. The Morgan fingerprint density at radius 2 is 1.71 bits per heavy atom. The number of Topliss-reactive ketones (excluding diaryl/α,β-unsaturated/α-hetero) is 1. The van der Waals surface area contributed by atoms with E-state index < -0.39 is 17.5 Å². The van der Waals surface area contributed by atoms with Gasteiger partial charge in [0.25, 0.3) is 0 Å². The van der Waals surface area contributed by atoms with Gasteiger partial charge >= 0.3 is 5.97 Å². The number of unbranched alkanes of at least 4 members (excludes halogenated alkanes) is 1. The molecule has 158 valence electrons. The summed E-state index contributed by atoms with van der Waals surface area (Å²) in [5.74, 6) is -0.116. The molecule has 0 saturated heterocycles. The molecule has 2 heterocycles. The molecule has 2 unspecified atom stereocenters. The van der Waals surface area contributed by atoms with Crippen LogP contribution in [-0.4, -0.2) is 18.4 Å². The average molecular weight is 640 g/mol. The van der Waals surface area contributed by atoms with Crippen molar-refractivity contribution in [2.24, 2.45) is 5.92 Å². The van der Waals surface area contributed by atoms with Gasteiger partial charge in [-0.2, -0.15) is 0 Å². The number of hydrogen-bond donors (Lipinski definition) is 0. The van der Waals surface area contributed by atoms with E-state index in [0.29, 0.717) is 40.6 Å². The van der Waals surface area contributed by atoms with Gasteiger partial charge in [0.15, 0.2) is 11.4 Å². The lowest BCUT2D eigenvalue weighted by Gasteiger charge is -2.43. The number of ketones is 1. The van der Waals surface area contributed by atoms with E-state index in [4.69, 9.17) is 14.2 Å². The van der Waals surface area contributed by atoms with E-state index in [2.05, 4.69) is 52.1 Å². The molecule has 5 rings (SSSR count). The fourth-order valence-corrected chi connectivity index (χ4v) is 5.76. The lowest BCUT2D eigenvalue weighted by molar-refractivity contribution is -0.130. The number of halogens is 2. The molecule has 2 aromatic rings. The minimum atomic E-state index is -1.29. The zero-order valence-electron chi connectivity index (χ0n) is 16.6.